The zero-order valence-corrected chi connectivity index (χ0v) is 8.61. The fourth-order valence-electron chi connectivity index (χ4n) is 1.11. The minimum absolute atomic E-state index is 0.537. The lowest BCUT2D eigenvalue weighted by Gasteiger charge is -2.13. The Morgan fingerprint density at radius 2 is 2.27 bits per heavy atom. The molecule has 0 aliphatic carbocycles. The van der Waals surface area contributed by atoms with E-state index in [0.29, 0.717) is 10.6 Å². The van der Waals surface area contributed by atoms with Crippen LogP contribution in [-0.4, -0.2) is 16.3 Å². The largest absolute Gasteiger partial charge is 0.279 e. The summed E-state index contributed by atoms with van der Waals surface area (Å²) in [5.74, 6) is 0.736. The van der Waals surface area contributed by atoms with E-state index in [-0.39, 0.29) is 0 Å². The van der Waals surface area contributed by atoms with Gasteiger partial charge in [0, 0.05) is 11.0 Å². The average molecular weight is 171 g/mol. The van der Waals surface area contributed by atoms with Crippen LogP contribution in [0.5, 0.6) is 0 Å². The second-order valence-corrected chi connectivity index (χ2v) is 4.79. The van der Waals surface area contributed by atoms with E-state index in [1.54, 1.807) is 0 Å². The highest BCUT2D eigenvalue weighted by molar-refractivity contribution is 8.01. The topological polar surface area (TPSA) is 12.4 Å². The van der Waals surface area contributed by atoms with E-state index < -0.39 is 0 Å². The van der Waals surface area contributed by atoms with Crippen molar-refractivity contribution >= 4 is 17.5 Å². The van der Waals surface area contributed by atoms with Gasteiger partial charge in [0.25, 0.3) is 0 Å². The van der Waals surface area contributed by atoms with Crippen molar-refractivity contribution in [1.29, 1.82) is 0 Å². The number of rotatable bonds is 2. The van der Waals surface area contributed by atoms with Crippen molar-refractivity contribution in [2.45, 2.75) is 44.7 Å². The summed E-state index contributed by atoms with van der Waals surface area (Å²) in [5, 5.41) is 1.18. The Kier molecular flexibility index (Phi) is 2.99. The molecule has 0 N–H and O–H groups in total. The third kappa shape index (κ3) is 1.98. The molecule has 0 aromatic rings. The van der Waals surface area contributed by atoms with Gasteiger partial charge in [-0.25, -0.2) is 0 Å². The minimum atomic E-state index is 0.537. The van der Waals surface area contributed by atoms with Gasteiger partial charge in [-0.3, -0.25) is 4.99 Å². The van der Waals surface area contributed by atoms with Crippen LogP contribution in [0.2, 0.25) is 0 Å². The highest BCUT2D eigenvalue weighted by atomic mass is 32.2. The van der Waals surface area contributed by atoms with Crippen molar-refractivity contribution in [3.05, 3.63) is 0 Å². The third-order valence-corrected chi connectivity index (χ3v) is 3.99. The first-order chi connectivity index (χ1) is 5.15. The van der Waals surface area contributed by atoms with Crippen LogP contribution in [0.15, 0.2) is 4.99 Å². The van der Waals surface area contributed by atoms with Crippen LogP contribution in [0.3, 0.4) is 0 Å². The lowest BCUT2D eigenvalue weighted by Crippen LogP contribution is -2.08. The summed E-state index contributed by atoms with van der Waals surface area (Å²) < 4.78 is 0. The Balaban J connectivity index is 2.53. The maximum absolute atomic E-state index is 4.62. The lowest BCUT2D eigenvalue weighted by atomic mass is 10.1. The first-order valence-electron chi connectivity index (χ1n) is 4.35. The molecule has 0 bridgehead atoms. The molecule has 1 nitrogen and oxygen atoms in total. The predicted octanol–water partition coefficient (Wildman–Crippen LogP) is 2.95. The van der Waals surface area contributed by atoms with Crippen LogP contribution in [0.4, 0.5) is 0 Å². The van der Waals surface area contributed by atoms with E-state index in [0.717, 1.165) is 5.92 Å². The van der Waals surface area contributed by atoms with Crippen molar-refractivity contribution in [2.75, 3.05) is 0 Å². The number of hydrogen-bond acceptors (Lipinski definition) is 2. The van der Waals surface area contributed by atoms with Crippen molar-refractivity contribution in [2.24, 2.45) is 10.9 Å². The van der Waals surface area contributed by atoms with Gasteiger partial charge in [-0.05, 0) is 19.8 Å². The van der Waals surface area contributed by atoms with E-state index >= 15 is 0 Å². The van der Waals surface area contributed by atoms with Gasteiger partial charge in [-0.2, -0.15) is 0 Å². The fraction of sp³-hybridized carbons (Fsp3) is 0.889. The van der Waals surface area contributed by atoms with Crippen LogP contribution in [-0.2, 0) is 0 Å². The molecule has 0 unspecified atom stereocenters. The highest BCUT2D eigenvalue weighted by Crippen LogP contribution is 2.33. The van der Waals surface area contributed by atoms with Gasteiger partial charge < -0.3 is 0 Å². The molecule has 0 amide bonds. The van der Waals surface area contributed by atoms with Gasteiger partial charge in [0.15, 0.2) is 0 Å². The van der Waals surface area contributed by atoms with Gasteiger partial charge in [-0.15, -0.1) is 11.8 Å². The Morgan fingerprint density at radius 3 is 2.64 bits per heavy atom. The molecule has 1 rings (SSSR count). The average Bonchev–Trinajstić information content (AvgIpc) is 2.31. The van der Waals surface area contributed by atoms with Crippen LogP contribution in [0.25, 0.3) is 0 Å². The monoisotopic (exact) mass is 171 g/mol. The Bertz CT molecular complexity index is 165. The molecular formula is C9H17NS. The normalized spacial score (nSPS) is 33.6. The zero-order valence-electron chi connectivity index (χ0n) is 7.79. The molecule has 0 aromatic carbocycles. The molecule has 0 saturated carbocycles. The molecule has 2 heteroatoms. The van der Waals surface area contributed by atoms with Crippen LogP contribution in [0.1, 0.15) is 34.1 Å². The lowest BCUT2D eigenvalue weighted by molar-refractivity contribution is 0.549. The molecular weight excluding hydrogens is 154 g/mol. The first kappa shape index (κ1) is 9.11. The fourth-order valence-corrected chi connectivity index (χ4v) is 2.47. The maximum atomic E-state index is 4.62. The third-order valence-electron chi connectivity index (χ3n) is 2.39. The van der Waals surface area contributed by atoms with Crippen molar-refractivity contribution in [3.8, 4) is 0 Å². The molecule has 0 fully saturated rings. The highest BCUT2D eigenvalue weighted by Gasteiger charge is 2.25. The number of nitrogens with zero attached hydrogens (tertiary/aromatic N) is 1. The van der Waals surface area contributed by atoms with E-state index in [9.17, 15) is 0 Å². The maximum Gasteiger partial charge on any atom is 0.0982 e. The van der Waals surface area contributed by atoms with Crippen molar-refractivity contribution < 1.29 is 0 Å². The smallest absolute Gasteiger partial charge is 0.0982 e. The molecule has 0 spiro atoms. The van der Waals surface area contributed by atoms with Gasteiger partial charge in [-0.1, -0.05) is 20.3 Å². The molecule has 1 aliphatic rings. The molecule has 0 saturated heterocycles. The summed E-state index contributed by atoms with van der Waals surface area (Å²) in [7, 11) is 0. The number of aliphatic imine (C=N–C) groups is 1. The van der Waals surface area contributed by atoms with Crippen LogP contribution >= 0.6 is 11.8 Å². The molecule has 1 aliphatic heterocycles. The second kappa shape index (κ2) is 3.61. The summed E-state index contributed by atoms with van der Waals surface area (Å²) in [6.07, 6.45) is 1.24. The molecule has 0 radical (unpaired) electrons. The summed E-state index contributed by atoms with van der Waals surface area (Å²) in [4.78, 5) is 4.62. The molecule has 3 atom stereocenters. The SMILES string of the molecule is CC[C@H](C)[C@@H]1N=C(C)[C@H](C)S1. The van der Waals surface area contributed by atoms with E-state index in [1.165, 1.54) is 12.1 Å². The number of hydrogen-bond donors (Lipinski definition) is 0. The number of thioether (sulfide) groups is 1. The quantitative estimate of drug-likeness (QED) is 0.622. The van der Waals surface area contributed by atoms with E-state index in [2.05, 4.69) is 32.7 Å². The standard InChI is InChI=1S/C9H17NS/c1-5-6(2)9-10-7(3)8(4)11-9/h6,8-9H,5H2,1-4H3/t6-,8-,9+/m0/s1. The van der Waals surface area contributed by atoms with Gasteiger partial charge in [0.05, 0.1) is 5.37 Å². The zero-order chi connectivity index (χ0) is 8.43. The predicted molar refractivity (Wildman–Crippen MR) is 53.4 cm³/mol. The van der Waals surface area contributed by atoms with Gasteiger partial charge >= 0.3 is 0 Å². The van der Waals surface area contributed by atoms with E-state index in [1.807, 2.05) is 11.8 Å². The minimum Gasteiger partial charge on any atom is -0.279 e. The Morgan fingerprint density at radius 1 is 1.64 bits per heavy atom. The summed E-state index contributed by atoms with van der Waals surface area (Å²) in [6, 6.07) is 0. The Hall–Kier alpha value is 0.0200. The summed E-state index contributed by atoms with van der Waals surface area (Å²) in [5.41, 5.74) is 1.32. The van der Waals surface area contributed by atoms with Gasteiger partial charge in [0.2, 0.25) is 0 Å². The molecule has 11 heavy (non-hydrogen) atoms. The summed E-state index contributed by atoms with van der Waals surface area (Å²) >= 11 is 2.00. The van der Waals surface area contributed by atoms with Crippen LogP contribution < -0.4 is 0 Å². The van der Waals surface area contributed by atoms with Crippen molar-refractivity contribution in [3.63, 3.8) is 0 Å². The van der Waals surface area contributed by atoms with Crippen LogP contribution in [0, 0.1) is 5.92 Å². The second-order valence-electron chi connectivity index (χ2n) is 3.32. The summed E-state index contributed by atoms with van der Waals surface area (Å²) in [6.45, 7) is 8.90. The van der Waals surface area contributed by atoms with Crippen molar-refractivity contribution in [1.82, 2.24) is 0 Å². The molecule has 64 valence electrons. The molecule has 0 aromatic heterocycles. The first-order valence-corrected chi connectivity index (χ1v) is 5.29. The van der Waals surface area contributed by atoms with E-state index in [4.69, 9.17) is 0 Å². The van der Waals surface area contributed by atoms with Gasteiger partial charge in [0.1, 0.15) is 0 Å². The Labute approximate surface area is 73.7 Å². The molecule has 1 heterocycles.